The highest BCUT2D eigenvalue weighted by Gasteiger charge is 2.41. The minimum atomic E-state index is -2.09. The van der Waals surface area contributed by atoms with Crippen molar-refractivity contribution in [2.45, 2.75) is 12.5 Å². The van der Waals surface area contributed by atoms with Gasteiger partial charge in [-0.2, -0.15) is 4.99 Å². The molecule has 0 aromatic rings. The summed E-state index contributed by atoms with van der Waals surface area (Å²) in [5.41, 5.74) is -2.09. The summed E-state index contributed by atoms with van der Waals surface area (Å²) in [4.78, 5) is 24.0. The molecule has 1 rings (SSSR count). The zero-order valence-corrected chi connectivity index (χ0v) is 5.66. The molecule has 0 aromatic carbocycles. The first-order chi connectivity index (χ1) is 4.94. The van der Waals surface area contributed by atoms with Gasteiger partial charge in [-0.3, -0.25) is 10.1 Å². The van der Waals surface area contributed by atoms with Crippen molar-refractivity contribution in [3.8, 4) is 0 Å². The quantitative estimate of drug-likeness (QED) is 0.418. The number of aliphatic hydroxyl groups is 2. The van der Waals surface area contributed by atoms with Crippen molar-refractivity contribution in [2.75, 3.05) is 0 Å². The molecule has 1 unspecified atom stereocenters. The van der Waals surface area contributed by atoms with E-state index in [1.807, 2.05) is 0 Å². The Morgan fingerprint density at radius 2 is 2.09 bits per heavy atom. The van der Waals surface area contributed by atoms with Gasteiger partial charge in [0.05, 0.1) is 0 Å². The molecule has 1 heterocycles. The Morgan fingerprint density at radius 3 is 2.55 bits per heavy atom. The molecule has 1 aliphatic heterocycles. The van der Waals surface area contributed by atoms with Gasteiger partial charge < -0.3 is 10.2 Å². The van der Waals surface area contributed by atoms with E-state index >= 15 is 0 Å². The number of carbonyl (C=O) groups is 2. The van der Waals surface area contributed by atoms with Crippen LogP contribution >= 0.6 is 0 Å². The molecule has 1 aliphatic rings. The monoisotopic (exact) mass is 158 g/mol. The molecule has 0 spiro atoms. The molecule has 0 saturated heterocycles. The summed E-state index contributed by atoms with van der Waals surface area (Å²) >= 11 is 0. The number of hydrogen-bond acceptors (Lipinski definition) is 3. The number of aliphatic hydroxyl groups excluding tert-OH is 1. The number of aliphatic imine (C=N–C) groups is 1. The summed E-state index contributed by atoms with van der Waals surface area (Å²) in [5.74, 6) is -1.86. The van der Waals surface area contributed by atoms with Crippen LogP contribution in [-0.4, -0.2) is 33.7 Å². The molecule has 6 heteroatoms. The van der Waals surface area contributed by atoms with E-state index < -0.39 is 23.4 Å². The predicted octanol–water partition coefficient (Wildman–Crippen LogP) is -1.06. The molecular formula is C5H6N2O4. The molecule has 1 atom stereocenters. The van der Waals surface area contributed by atoms with E-state index in [9.17, 15) is 9.59 Å². The van der Waals surface area contributed by atoms with E-state index in [1.54, 1.807) is 5.32 Å². The van der Waals surface area contributed by atoms with Crippen LogP contribution in [0.25, 0.3) is 0 Å². The molecule has 3 N–H and O–H groups in total. The fourth-order valence-corrected chi connectivity index (χ4v) is 0.553. The van der Waals surface area contributed by atoms with E-state index in [1.165, 1.54) is 0 Å². The lowest BCUT2D eigenvalue weighted by molar-refractivity contribution is -0.132. The van der Waals surface area contributed by atoms with Gasteiger partial charge in [-0.15, -0.1) is 0 Å². The van der Waals surface area contributed by atoms with Gasteiger partial charge in [0.25, 0.3) is 5.91 Å². The summed E-state index contributed by atoms with van der Waals surface area (Å²) in [6.07, 6.45) is 0. The first-order valence-corrected chi connectivity index (χ1v) is 2.80. The number of nitrogens with zero attached hydrogens (tertiary/aromatic N) is 1. The minimum absolute atomic E-state index is 0.883. The second-order valence-electron chi connectivity index (χ2n) is 2.27. The topological polar surface area (TPSA) is 99.0 Å². The smallest absolute Gasteiger partial charge is 0.350 e. The van der Waals surface area contributed by atoms with Crippen LogP contribution in [0.4, 0.5) is 4.79 Å². The zero-order valence-electron chi connectivity index (χ0n) is 5.66. The summed E-state index contributed by atoms with van der Waals surface area (Å²) < 4.78 is 0. The highest BCUT2D eigenvalue weighted by Crippen LogP contribution is 2.08. The zero-order chi connectivity index (χ0) is 8.65. The molecule has 0 fully saturated rings. The van der Waals surface area contributed by atoms with Crippen LogP contribution < -0.4 is 5.32 Å². The van der Waals surface area contributed by atoms with Crippen molar-refractivity contribution < 1.29 is 19.8 Å². The Balaban J connectivity index is 3.09. The van der Waals surface area contributed by atoms with Crippen LogP contribution in [-0.2, 0) is 4.79 Å². The molecule has 0 bridgehead atoms. The van der Waals surface area contributed by atoms with Crippen LogP contribution in [0.15, 0.2) is 4.99 Å². The summed E-state index contributed by atoms with van der Waals surface area (Å²) in [5, 5.41) is 19.6. The van der Waals surface area contributed by atoms with Crippen LogP contribution in [0.5, 0.6) is 0 Å². The summed E-state index contributed by atoms with van der Waals surface area (Å²) in [6, 6.07) is -0.973. The van der Waals surface area contributed by atoms with Gasteiger partial charge in [0.2, 0.25) is 11.5 Å². The Kier molecular flexibility index (Phi) is 1.41. The summed E-state index contributed by atoms with van der Waals surface area (Å²) in [6.45, 7) is 1.04. The predicted molar refractivity (Wildman–Crippen MR) is 34.2 cm³/mol. The highest BCUT2D eigenvalue weighted by molar-refractivity contribution is 6.18. The molecule has 11 heavy (non-hydrogen) atoms. The van der Waals surface area contributed by atoms with Crippen molar-refractivity contribution in [3.05, 3.63) is 0 Å². The van der Waals surface area contributed by atoms with Gasteiger partial charge in [-0.25, -0.2) is 4.79 Å². The van der Waals surface area contributed by atoms with Crippen molar-refractivity contribution in [3.63, 3.8) is 0 Å². The second kappa shape index (κ2) is 2.03. The lowest BCUT2D eigenvalue weighted by Gasteiger charge is -2.22. The van der Waals surface area contributed by atoms with Gasteiger partial charge in [0, 0.05) is 0 Å². The standard InChI is InChI=1S/C5H6N2O4/c1-5(11)2(8)6-4(10)7-3(5)9/h11H,1H3,(H2,6,7,8,9,10). The van der Waals surface area contributed by atoms with E-state index in [0.717, 1.165) is 6.92 Å². The molecule has 0 aliphatic carbocycles. The number of rotatable bonds is 0. The first-order valence-electron chi connectivity index (χ1n) is 2.80. The molecule has 0 radical (unpaired) electrons. The fourth-order valence-electron chi connectivity index (χ4n) is 0.553. The third-order valence-electron chi connectivity index (χ3n) is 1.31. The van der Waals surface area contributed by atoms with Crippen LogP contribution in [0.3, 0.4) is 0 Å². The number of urea groups is 1. The molecular weight excluding hydrogens is 152 g/mol. The highest BCUT2D eigenvalue weighted by atomic mass is 16.4. The normalized spacial score (nSPS) is 31.3. The number of amides is 3. The average molecular weight is 158 g/mol. The number of imide groups is 1. The van der Waals surface area contributed by atoms with Gasteiger partial charge in [-0.05, 0) is 6.92 Å². The van der Waals surface area contributed by atoms with E-state index in [0.29, 0.717) is 0 Å². The maximum atomic E-state index is 10.7. The number of nitrogens with one attached hydrogen (secondary N) is 1. The molecule has 0 saturated carbocycles. The number of hydrogen-bond donors (Lipinski definition) is 3. The van der Waals surface area contributed by atoms with Crippen molar-refractivity contribution in [2.24, 2.45) is 4.99 Å². The van der Waals surface area contributed by atoms with Crippen LogP contribution in [0.2, 0.25) is 0 Å². The minimum Gasteiger partial charge on any atom is -0.494 e. The van der Waals surface area contributed by atoms with E-state index in [2.05, 4.69) is 4.99 Å². The lowest BCUT2D eigenvalue weighted by atomic mass is 10.1. The van der Waals surface area contributed by atoms with Gasteiger partial charge >= 0.3 is 6.03 Å². The van der Waals surface area contributed by atoms with Crippen molar-refractivity contribution in [1.82, 2.24) is 5.32 Å². The number of carbonyl (C=O) groups excluding carboxylic acids is 2. The van der Waals surface area contributed by atoms with Crippen molar-refractivity contribution in [1.29, 1.82) is 0 Å². The Hall–Kier alpha value is -1.43. The van der Waals surface area contributed by atoms with Gasteiger partial charge in [0.1, 0.15) is 0 Å². The van der Waals surface area contributed by atoms with Crippen LogP contribution in [0.1, 0.15) is 6.92 Å². The first kappa shape index (κ1) is 7.67. The lowest BCUT2D eigenvalue weighted by Crippen LogP contribution is -2.55. The maximum absolute atomic E-state index is 10.7. The van der Waals surface area contributed by atoms with Crippen molar-refractivity contribution >= 4 is 17.8 Å². The third-order valence-corrected chi connectivity index (χ3v) is 1.31. The Labute approximate surface area is 61.5 Å². The molecule has 3 amide bonds. The van der Waals surface area contributed by atoms with Crippen LogP contribution in [0, 0.1) is 0 Å². The van der Waals surface area contributed by atoms with Gasteiger partial charge in [-0.1, -0.05) is 0 Å². The third kappa shape index (κ3) is 1.07. The Morgan fingerprint density at radius 1 is 1.55 bits per heavy atom. The second-order valence-corrected chi connectivity index (χ2v) is 2.27. The fraction of sp³-hybridized carbons (Fsp3) is 0.400. The Bertz CT molecular complexity index is 255. The average Bonchev–Trinajstić information content (AvgIpc) is 1.84. The largest absolute Gasteiger partial charge is 0.494 e. The summed E-state index contributed by atoms with van der Waals surface area (Å²) in [7, 11) is 0. The SMILES string of the molecule is CC1(O)C(=O)NC(=O)N=C1O. The maximum Gasteiger partial charge on any atom is 0.350 e. The van der Waals surface area contributed by atoms with Gasteiger partial charge in [0.15, 0.2) is 0 Å². The molecule has 0 aromatic heterocycles. The van der Waals surface area contributed by atoms with E-state index in [4.69, 9.17) is 10.2 Å². The van der Waals surface area contributed by atoms with E-state index in [-0.39, 0.29) is 0 Å². The molecule has 6 nitrogen and oxygen atoms in total. The molecule has 60 valence electrons.